The normalized spacial score (nSPS) is 26.3. The maximum absolute atomic E-state index is 9.92. The first-order chi connectivity index (χ1) is 7.29. The Kier molecular flexibility index (Phi) is 3.16. The van der Waals surface area contributed by atoms with Crippen molar-refractivity contribution < 1.29 is 5.11 Å². The molecule has 15 heavy (non-hydrogen) atoms. The van der Waals surface area contributed by atoms with Crippen molar-refractivity contribution in [3.63, 3.8) is 0 Å². The Balaban J connectivity index is 2.09. The second kappa shape index (κ2) is 4.57. The molecule has 1 N–H and O–H groups in total. The van der Waals surface area contributed by atoms with Gasteiger partial charge in [0.05, 0.1) is 12.1 Å². The van der Waals surface area contributed by atoms with E-state index in [1.54, 1.807) is 12.5 Å². The molecule has 0 spiro atoms. The first-order valence-electron chi connectivity index (χ1n) is 5.46. The van der Waals surface area contributed by atoms with Crippen LogP contribution in [0.15, 0.2) is 18.6 Å². The molecule has 1 heterocycles. The molecule has 1 aliphatic carbocycles. The van der Waals surface area contributed by atoms with Crippen LogP contribution >= 0.6 is 0 Å². The molecule has 4 nitrogen and oxygen atoms in total. The maximum Gasteiger partial charge on any atom is 0.131 e. The van der Waals surface area contributed by atoms with Gasteiger partial charge in [-0.15, -0.1) is 0 Å². The van der Waals surface area contributed by atoms with E-state index in [0.717, 1.165) is 25.1 Å². The maximum atomic E-state index is 9.92. The highest BCUT2D eigenvalue weighted by molar-refractivity contribution is 5.37. The van der Waals surface area contributed by atoms with Crippen LogP contribution in [0, 0.1) is 0 Å². The molecular formula is C11H17N3O. The third kappa shape index (κ3) is 2.26. The Morgan fingerprint density at radius 3 is 2.87 bits per heavy atom. The molecule has 0 aliphatic heterocycles. The minimum absolute atomic E-state index is 0.202. The Bertz CT molecular complexity index is 304. The fourth-order valence-electron chi connectivity index (χ4n) is 2.21. The highest BCUT2D eigenvalue weighted by atomic mass is 16.3. The highest BCUT2D eigenvalue weighted by Crippen LogP contribution is 2.24. The average Bonchev–Trinajstić information content (AvgIpc) is 2.30. The van der Waals surface area contributed by atoms with Gasteiger partial charge in [0, 0.05) is 13.2 Å². The van der Waals surface area contributed by atoms with Crippen LogP contribution in [0.2, 0.25) is 0 Å². The summed E-state index contributed by atoms with van der Waals surface area (Å²) >= 11 is 0. The van der Waals surface area contributed by atoms with Crippen LogP contribution in [0.4, 0.5) is 5.82 Å². The van der Waals surface area contributed by atoms with Crippen LogP contribution < -0.4 is 4.90 Å². The lowest BCUT2D eigenvalue weighted by molar-refractivity contribution is 0.106. The predicted octanol–water partition coefficient (Wildman–Crippen LogP) is 1.22. The number of aliphatic hydroxyl groups is 1. The van der Waals surface area contributed by atoms with Crippen molar-refractivity contribution in [1.82, 2.24) is 9.97 Å². The molecule has 1 aromatic heterocycles. The van der Waals surface area contributed by atoms with E-state index < -0.39 is 0 Å². The second-order valence-corrected chi connectivity index (χ2v) is 4.10. The van der Waals surface area contributed by atoms with Gasteiger partial charge in [-0.2, -0.15) is 0 Å². The van der Waals surface area contributed by atoms with Gasteiger partial charge >= 0.3 is 0 Å². The van der Waals surface area contributed by atoms with Gasteiger partial charge in [-0.05, 0) is 18.9 Å². The Morgan fingerprint density at radius 2 is 2.20 bits per heavy atom. The van der Waals surface area contributed by atoms with E-state index in [1.165, 1.54) is 6.42 Å². The number of nitrogens with zero attached hydrogens (tertiary/aromatic N) is 3. The lowest BCUT2D eigenvalue weighted by Crippen LogP contribution is -2.43. The quantitative estimate of drug-likeness (QED) is 0.792. The summed E-state index contributed by atoms with van der Waals surface area (Å²) in [6, 6.07) is 2.08. The van der Waals surface area contributed by atoms with Gasteiger partial charge < -0.3 is 10.0 Å². The van der Waals surface area contributed by atoms with E-state index in [-0.39, 0.29) is 12.1 Å². The largest absolute Gasteiger partial charge is 0.391 e. The van der Waals surface area contributed by atoms with Crippen LogP contribution in [0.5, 0.6) is 0 Å². The predicted molar refractivity (Wildman–Crippen MR) is 58.7 cm³/mol. The van der Waals surface area contributed by atoms with Crippen LogP contribution in [0.25, 0.3) is 0 Å². The van der Waals surface area contributed by atoms with Crippen molar-refractivity contribution >= 4 is 5.82 Å². The van der Waals surface area contributed by atoms with Crippen molar-refractivity contribution in [3.8, 4) is 0 Å². The Labute approximate surface area is 90.0 Å². The number of hydrogen-bond donors (Lipinski definition) is 1. The van der Waals surface area contributed by atoms with Gasteiger partial charge in [0.15, 0.2) is 0 Å². The van der Waals surface area contributed by atoms with Gasteiger partial charge in [-0.3, -0.25) is 0 Å². The molecule has 0 radical (unpaired) electrons. The van der Waals surface area contributed by atoms with E-state index in [4.69, 9.17) is 0 Å². The number of hydrogen-bond acceptors (Lipinski definition) is 4. The molecular weight excluding hydrogens is 190 g/mol. The van der Waals surface area contributed by atoms with E-state index in [2.05, 4.69) is 14.9 Å². The molecule has 1 aliphatic rings. The lowest BCUT2D eigenvalue weighted by atomic mass is 9.91. The van der Waals surface area contributed by atoms with Crippen molar-refractivity contribution in [2.45, 2.75) is 37.8 Å². The fraction of sp³-hybridized carbons (Fsp3) is 0.636. The molecule has 0 saturated heterocycles. The van der Waals surface area contributed by atoms with Crippen LogP contribution in [0.1, 0.15) is 25.7 Å². The van der Waals surface area contributed by atoms with Gasteiger partial charge in [0.25, 0.3) is 0 Å². The summed E-state index contributed by atoms with van der Waals surface area (Å²) in [5.74, 6) is 0.885. The third-order valence-electron chi connectivity index (χ3n) is 3.12. The molecule has 0 bridgehead atoms. The average molecular weight is 207 g/mol. The van der Waals surface area contributed by atoms with Crippen LogP contribution in [-0.2, 0) is 0 Å². The van der Waals surface area contributed by atoms with Crippen molar-refractivity contribution in [2.24, 2.45) is 0 Å². The number of aromatic nitrogens is 2. The summed E-state index contributed by atoms with van der Waals surface area (Å²) in [4.78, 5) is 10.1. The summed E-state index contributed by atoms with van der Waals surface area (Å²) in [7, 11) is 1.99. The standard InChI is InChI=1S/C11H17N3O/c1-14(11-6-7-12-8-13-11)9-4-2-3-5-10(9)15/h6-10,15H,2-5H2,1H3. The first-order valence-corrected chi connectivity index (χ1v) is 5.46. The van der Waals surface area contributed by atoms with Crippen molar-refractivity contribution in [1.29, 1.82) is 0 Å². The van der Waals surface area contributed by atoms with Gasteiger partial charge in [-0.1, -0.05) is 12.8 Å². The fourth-order valence-corrected chi connectivity index (χ4v) is 2.21. The zero-order valence-corrected chi connectivity index (χ0v) is 9.00. The molecule has 2 unspecified atom stereocenters. The van der Waals surface area contributed by atoms with Crippen LogP contribution in [-0.4, -0.2) is 34.3 Å². The minimum atomic E-state index is -0.223. The molecule has 0 aromatic carbocycles. The van der Waals surface area contributed by atoms with Gasteiger partial charge in [-0.25, -0.2) is 9.97 Å². The van der Waals surface area contributed by atoms with Crippen molar-refractivity contribution in [2.75, 3.05) is 11.9 Å². The van der Waals surface area contributed by atoms with Crippen LogP contribution in [0.3, 0.4) is 0 Å². The molecule has 2 rings (SSSR count). The monoisotopic (exact) mass is 207 g/mol. The summed E-state index contributed by atoms with van der Waals surface area (Å²) in [6.45, 7) is 0. The Hall–Kier alpha value is -1.16. The SMILES string of the molecule is CN(c1ccncn1)C1CCCCC1O. The number of likely N-dealkylation sites (N-methyl/N-ethyl adjacent to an activating group) is 1. The molecule has 1 saturated carbocycles. The molecule has 0 amide bonds. The Morgan fingerprint density at radius 1 is 1.40 bits per heavy atom. The molecule has 2 atom stereocenters. The number of anilines is 1. The number of aliphatic hydroxyl groups excluding tert-OH is 1. The van der Waals surface area contributed by atoms with E-state index >= 15 is 0 Å². The highest BCUT2D eigenvalue weighted by Gasteiger charge is 2.27. The smallest absolute Gasteiger partial charge is 0.131 e. The van der Waals surface area contributed by atoms with E-state index in [9.17, 15) is 5.11 Å². The zero-order chi connectivity index (χ0) is 10.7. The summed E-state index contributed by atoms with van der Waals surface area (Å²) in [6.07, 6.45) is 7.32. The molecule has 1 fully saturated rings. The van der Waals surface area contributed by atoms with Gasteiger partial charge in [0.1, 0.15) is 12.1 Å². The van der Waals surface area contributed by atoms with Crippen molar-refractivity contribution in [3.05, 3.63) is 18.6 Å². The molecule has 4 heteroatoms. The van der Waals surface area contributed by atoms with E-state index in [1.807, 2.05) is 13.1 Å². The topological polar surface area (TPSA) is 49.2 Å². The summed E-state index contributed by atoms with van der Waals surface area (Å²) < 4.78 is 0. The zero-order valence-electron chi connectivity index (χ0n) is 9.00. The first kappa shape index (κ1) is 10.4. The minimum Gasteiger partial charge on any atom is -0.391 e. The summed E-state index contributed by atoms with van der Waals surface area (Å²) in [5, 5.41) is 9.92. The summed E-state index contributed by atoms with van der Waals surface area (Å²) in [5.41, 5.74) is 0. The second-order valence-electron chi connectivity index (χ2n) is 4.10. The number of rotatable bonds is 2. The third-order valence-corrected chi connectivity index (χ3v) is 3.12. The molecule has 1 aromatic rings. The lowest BCUT2D eigenvalue weighted by Gasteiger charge is -2.35. The van der Waals surface area contributed by atoms with Gasteiger partial charge in [0.2, 0.25) is 0 Å². The molecule has 82 valence electrons. The van der Waals surface area contributed by atoms with E-state index in [0.29, 0.717) is 0 Å².